The molecule has 17 heavy (non-hydrogen) atoms. The molecule has 2 rings (SSSR count). The van der Waals surface area contributed by atoms with Crippen molar-refractivity contribution in [2.24, 2.45) is 0 Å². The molecular formula is C10H15N3OS3. The van der Waals surface area contributed by atoms with Gasteiger partial charge in [-0.2, -0.15) is 5.10 Å². The Morgan fingerprint density at radius 3 is 2.76 bits per heavy atom. The molecule has 4 nitrogen and oxygen atoms in total. The van der Waals surface area contributed by atoms with Gasteiger partial charge in [-0.3, -0.25) is 9.89 Å². The summed E-state index contributed by atoms with van der Waals surface area (Å²) in [5, 5.41) is 6.75. The number of H-pyrrole nitrogens is 1. The van der Waals surface area contributed by atoms with Crippen molar-refractivity contribution in [3.05, 3.63) is 3.95 Å². The van der Waals surface area contributed by atoms with Crippen LogP contribution in [0.15, 0.2) is 4.34 Å². The molecule has 1 N–H and O–H groups in total. The fourth-order valence-corrected chi connectivity index (χ4v) is 4.11. The highest BCUT2D eigenvalue weighted by molar-refractivity contribution is 8.01. The van der Waals surface area contributed by atoms with Gasteiger partial charge in [-0.05, 0) is 38.9 Å². The Bertz CT molecular complexity index is 446. The molecule has 0 radical (unpaired) electrons. The van der Waals surface area contributed by atoms with Gasteiger partial charge in [0.25, 0.3) is 0 Å². The Kier molecular flexibility index (Phi) is 4.22. The van der Waals surface area contributed by atoms with Crippen molar-refractivity contribution in [1.82, 2.24) is 15.1 Å². The van der Waals surface area contributed by atoms with Gasteiger partial charge in [-0.1, -0.05) is 23.1 Å². The molecule has 2 heterocycles. The monoisotopic (exact) mass is 289 g/mol. The van der Waals surface area contributed by atoms with Crippen LogP contribution in [-0.4, -0.2) is 38.8 Å². The minimum Gasteiger partial charge on any atom is -0.337 e. The van der Waals surface area contributed by atoms with Gasteiger partial charge in [0.1, 0.15) is 0 Å². The van der Waals surface area contributed by atoms with Crippen molar-refractivity contribution in [2.45, 2.75) is 43.1 Å². The van der Waals surface area contributed by atoms with Crippen molar-refractivity contribution in [2.75, 3.05) is 5.75 Å². The number of amides is 1. The molecular weight excluding hydrogens is 274 g/mol. The number of likely N-dealkylation sites (tertiary alicyclic amines) is 1. The van der Waals surface area contributed by atoms with E-state index in [9.17, 15) is 4.79 Å². The van der Waals surface area contributed by atoms with Crippen LogP contribution in [0, 0.1) is 3.95 Å². The normalized spacial score (nSPS) is 24.2. The topological polar surface area (TPSA) is 49.0 Å². The van der Waals surface area contributed by atoms with Crippen molar-refractivity contribution in [3.8, 4) is 0 Å². The second kappa shape index (κ2) is 5.49. The molecule has 0 aliphatic carbocycles. The van der Waals surface area contributed by atoms with Crippen LogP contribution in [0.5, 0.6) is 0 Å². The number of nitrogens with one attached hydrogen (secondary N) is 1. The Hall–Kier alpha value is -0.400. The van der Waals surface area contributed by atoms with Crippen LogP contribution >= 0.6 is 35.3 Å². The average molecular weight is 289 g/mol. The Labute approximate surface area is 114 Å². The molecule has 1 aromatic rings. The molecule has 1 aliphatic rings. The third-order valence-electron chi connectivity index (χ3n) is 2.98. The van der Waals surface area contributed by atoms with E-state index >= 15 is 0 Å². The van der Waals surface area contributed by atoms with Crippen LogP contribution in [0.25, 0.3) is 0 Å². The molecule has 0 saturated carbocycles. The largest absolute Gasteiger partial charge is 0.337 e. The van der Waals surface area contributed by atoms with Crippen LogP contribution < -0.4 is 0 Å². The number of aromatic amines is 1. The molecule has 0 unspecified atom stereocenters. The maximum Gasteiger partial charge on any atom is 0.233 e. The molecule has 1 fully saturated rings. The quantitative estimate of drug-likeness (QED) is 0.686. The van der Waals surface area contributed by atoms with Crippen molar-refractivity contribution < 1.29 is 4.79 Å². The Balaban J connectivity index is 1.91. The fraction of sp³-hybridized carbons (Fsp3) is 0.700. The maximum absolute atomic E-state index is 12.1. The van der Waals surface area contributed by atoms with Crippen LogP contribution in [0.1, 0.15) is 26.7 Å². The first-order valence-corrected chi connectivity index (χ1v) is 7.78. The maximum atomic E-state index is 12.1. The summed E-state index contributed by atoms with van der Waals surface area (Å²) < 4.78 is 1.49. The Morgan fingerprint density at radius 1 is 1.59 bits per heavy atom. The van der Waals surface area contributed by atoms with Gasteiger partial charge in [0.15, 0.2) is 8.29 Å². The van der Waals surface area contributed by atoms with E-state index in [0.29, 0.717) is 21.8 Å². The lowest BCUT2D eigenvalue weighted by Crippen LogP contribution is -2.39. The van der Waals surface area contributed by atoms with Gasteiger partial charge in [0, 0.05) is 12.1 Å². The van der Waals surface area contributed by atoms with Crippen molar-refractivity contribution in [1.29, 1.82) is 0 Å². The van der Waals surface area contributed by atoms with E-state index in [2.05, 4.69) is 24.0 Å². The summed E-state index contributed by atoms with van der Waals surface area (Å²) in [5.41, 5.74) is 0. The van der Waals surface area contributed by atoms with E-state index in [-0.39, 0.29) is 5.91 Å². The highest BCUT2D eigenvalue weighted by Crippen LogP contribution is 2.26. The standard InChI is InChI=1S/C10H15N3OS3/c1-6-3-4-7(2)13(6)8(14)5-16-10-12-11-9(15)17-10/h6-7H,3-5H2,1-2H3,(H,11,15)/t6-,7-/m1/s1. The van der Waals surface area contributed by atoms with Crippen molar-refractivity contribution >= 4 is 41.2 Å². The van der Waals surface area contributed by atoms with Gasteiger partial charge >= 0.3 is 0 Å². The van der Waals surface area contributed by atoms with E-state index in [1.165, 1.54) is 23.1 Å². The molecule has 0 spiro atoms. The molecule has 0 aromatic carbocycles. The van der Waals surface area contributed by atoms with Crippen LogP contribution in [-0.2, 0) is 4.79 Å². The van der Waals surface area contributed by atoms with Crippen LogP contribution in [0.3, 0.4) is 0 Å². The molecule has 1 aliphatic heterocycles. The van der Waals surface area contributed by atoms with Gasteiger partial charge in [0.2, 0.25) is 5.91 Å². The molecule has 2 atom stereocenters. The van der Waals surface area contributed by atoms with Crippen LogP contribution in [0.2, 0.25) is 0 Å². The summed E-state index contributed by atoms with van der Waals surface area (Å²) in [4.78, 5) is 14.1. The number of aromatic nitrogens is 2. The molecule has 0 bridgehead atoms. The lowest BCUT2D eigenvalue weighted by molar-refractivity contribution is -0.130. The highest BCUT2D eigenvalue weighted by atomic mass is 32.2. The minimum atomic E-state index is 0.202. The smallest absolute Gasteiger partial charge is 0.233 e. The van der Waals surface area contributed by atoms with Crippen molar-refractivity contribution in [3.63, 3.8) is 0 Å². The van der Waals surface area contributed by atoms with E-state index < -0.39 is 0 Å². The predicted octanol–water partition coefficient (Wildman–Crippen LogP) is 2.69. The number of thioether (sulfide) groups is 1. The number of carbonyl (C=O) groups is 1. The summed E-state index contributed by atoms with van der Waals surface area (Å²) in [5.74, 6) is 0.652. The number of carbonyl (C=O) groups excluding carboxylic acids is 1. The number of rotatable bonds is 3. The second-order valence-electron chi connectivity index (χ2n) is 4.24. The molecule has 1 amide bonds. The third-order valence-corrected chi connectivity index (χ3v) is 5.19. The third kappa shape index (κ3) is 3.08. The van der Waals surface area contributed by atoms with Gasteiger partial charge < -0.3 is 4.90 Å². The summed E-state index contributed by atoms with van der Waals surface area (Å²) >= 11 is 7.82. The van der Waals surface area contributed by atoms with E-state index in [1.54, 1.807) is 0 Å². The summed E-state index contributed by atoms with van der Waals surface area (Å²) in [6.45, 7) is 4.23. The van der Waals surface area contributed by atoms with Gasteiger partial charge in [-0.25, -0.2) is 0 Å². The minimum absolute atomic E-state index is 0.202. The average Bonchev–Trinajstić information content (AvgIpc) is 2.83. The van der Waals surface area contributed by atoms with E-state index in [1.807, 2.05) is 4.90 Å². The van der Waals surface area contributed by atoms with E-state index in [0.717, 1.165) is 17.2 Å². The number of hydrogen-bond acceptors (Lipinski definition) is 5. The molecule has 1 aromatic heterocycles. The zero-order valence-electron chi connectivity index (χ0n) is 9.80. The predicted molar refractivity (Wildman–Crippen MR) is 73.0 cm³/mol. The van der Waals surface area contributed by atoms with Gasteiger partial charge in [0.05, 0.1) is 5.75 Å². The zero-order chi connectivity index (χ0) is 12.4. The molecule has 1 saturated heterocycles. The van der Waals surface area contributed by atoms with Crippen LogP contribution in [0.4, 0.5) is 0 Å². The zero-order valence-corrected chi connectivity index (χ0v) is 12.3. The Morgan fingerprint density at radius 2 is 2.24 bits per heavy atom. The second-order valence-corrected chi connectivity index (χ2v) is 7.13. The SMILES string of the molecule is C[C@@H]1CC[C@@H](C)N1C(=O)CSc1n[nH]c(=S)s1. The number of hydrogen-bond donors (Lipinski definition) is 1. The first kappa shape index (κ1) is 13.0. The lowest BCUT2D eigenvalue weighted by atomic mass is 10.2. The highest BCUT2D eigenvalue weighted by Gasteiger charge is 2.31. The molecule has 7 heteroatoms. The first-order valence-electron chi connectivity index (χ1n) is 5.57. The fourth-order valence-electron chi connectivity index (χ4n) is 2.16. The molecule has 94 valence electrons. The first-order chi connectivity index (χ1) is 8.08. The number of nitrogens with zero attached hydrogens (tertiary/aromatic N) is 2. The summed E-state index contributed by atoms with van der Waals surface area (Å²) in [6, 6.07) is 0.742. The summed E-state index contributed by atoms with van der Waals surface area (Å²) in [6.07, 6.45) is 2.22. The lowest BCUT2D eigenvalue weighted by Gasteiger charge is -2.25. The summed E-state index contributed by atoms with van der Waals surface area (Å²) in [7, 11) is 0. The van der Waals surface area contributed by atoms with E-state index in [4.69, 9.17) is 12.2 Å². The van der Waals surface area contributed by atoms with Gasteiger partial charge in [-0.15, -0.1) is 0 Å².